The van der Waals surface area contributed by atoms with Crippen LogP contribution in [0, 0.1) is 0 Å². The van der Waals surface area contributed by atoms with Gasteiger partial charge < -0.3 is 15.0 Å². The van der Waals surface area contributed by atoms with Crippen LogP contribution >= 0.6 is 0 Å². The van der Waals surface area contributed by atoms with E-state index in [-0.39, 0.29) is 11.7 Å². The van der Waals surface area contributed by atoms with E-state index in [2.05, 4.69) is 5.32 Å². The Kier molecular flexibility index (Phi) is 6.59. The molecule has 0 radical (unpaired) electrons. The number of nitrogens with zero attached hydrogens (tertiary/aromatic N) is 1. The summed E-state index contributed by atoms with van der Waals surface area (Å²) in [6.07, 6.45) is 3.44. The summed E-state index contributed by atoms with van der Waals surface area (Å²) in [6, 6.07) is 7.43. The van der Waals surface area contributed by atoms with Gasteiger partial charge in [-0.3, -0.25) is 9.59 Å². The number of carbonyl (C=O) groups is 2. The predicted octanol–water partition coefficient (Wildman–Crippen LogP) is 2.26. The van der Waals surface area contributed by atoms with E-state index in [1.807, 2.05) is 11.9 Å². The summed E-state index contributed by atoms with van der Waals surface area (Å²) in [5.41, 5.74) is 0.671. The van der Waals surface area contributed by atoms with Crippen LogP contribution in [-0.4, -0.2) is 49.9 Å². The molecule has 126 valence electrons. The zero-order chi connectivity index (χ0) is 16.7. The lowest BCUT2D eigenvalue weighted by atomic mass is 10.0. The summed E-state index contributed by atoms with van der Waals surface area (Å²) >= 11 is 0. The van der Waals surface area contributed by atoms with Crippen LogP contribution in [-0.2, 0) is 4.79 Å². The number of amides is 1. The van der Waals surface area contributed by atoms with E-state index < -0.39 is 0 Å². The van der Waals surface area contributed by atoms with Crippen LogP contribution < -0.4 is 10.1 Å². The number of Topliss-reactive ketones (excluding diaryl/α,β-unsaturated/α-hetero) is 1. The second-order valence-electron chi connectivity index (χ2n) is 5.99. The van der Waals surface area contributed by atoms with Crippen LogP contribution in [0.1, 0.15) is 42.5 Å². The van der Waals surface area contributed by atoms with Crippen molar-refractivity contribution in [1.29, 1.82) is 0 Å². The van der Waals surface area contributed by atoms with Crippen LogP contribution in [0.5, 0.6) is 5.75 Å². The monoisotopic (exact) mass is 318 g/mol. The van der Waals surface area contributed by atoms with Gasteiger partial charge in [0.05, 0.1) is 7.11 Å². The number of hydrogen-bond donors (Lipinski definition) is 1. The van der Waals surface area contributed by atoms with Gasteiger partial charge in [-0.1, -0.05) is 0 Å². The fourth-order valence-corrected chi connectivity index (χ4v) is 2.90. The molecular weight excluding hydrogens is 292 g/mol. The molecule has 1 aliphatic rings. The first kappa shape index (κ1) is 17.5. The highest BCUT2D eigenvalue weighted by Crippen LogP contribution is 2.15. The Bertz CT molecular complexity index is 522. The Hall–Kier alpha value is -1.88. The molecule has 0 atom stereocenters. The molecule has 1 N–H and O–H groups in total. The molecule has 0 aromatic heterocycles. The molecule has 1 aromatic carbocycles. The van der Waals surface area contributed by atoms with Crippen molar-refractivity contribution in [3.63, 3.8) is 0 Å². The van der Waals surface area contributed by atoms with Crippen LogP contribution in [0.4, 0.5) is 0 Å². The van der Waals surface area contributed by atoms with Gasteiger partial charge in [0, 0.05) is 31.5 Å². The third-order valence-corrected chi connectivity index (χ3v) is 4.46. The maximum Gasteiger partial charge on any atom is 0.222 e. The number of nitrogens with one attached hydrogen (secondary N) is 1. The fourth-order valence-electron chi connectivity index (χ4n) is 2.90. The van der Waals surface area contributed by atoms with Crippen molar-refractivity contribution in [2.24, 2.45) is 0 Å². The average molecular weight is 318 g/mol. The minimum atomic E-state index is 0.0740. The number of carbonyl (C=O) groups excluding carboxylic acids is 2. The quantitative estimate of drug-likeness (QED) is 0.784. The van der Waals surface area contributed by atoms with E-state index in [0.29, 0.717) is 30.9 Å². The van der Waals surface area contributed by atoms with Gasteiger partial charge in [0.2, 0.25) is 5.91 Å². The van der Waals surface area contributed by atoms with Gasteiger partial charge in [0.25, 0.3) is 0 Å². The van der Waals surface area contributed by atoms with Crippen molar-refractivity contribution in [2.75, 3.05) is 27.2 Å². The normalized spacial score (nSPS) is 15.2. The van der Waals surface area contributed by atoms with Crippen molar-refractivity contribution < 1.29 is 14.3 Å². The Morgan fingerprint density at radius 2 is 1.83 bits per heavy atom. The molecule has 5 heteroatoms. The molecule has 5 nitrogen and oxygen atoms in total. The summed E-state index contributed by atoms with van der Waals surface area (Å²) in [7, 11) is 3.48. The number of ether oxygens (including phenoxy) is 1. The molecule has 0 unspecified atom stereocenters. The van der Waals surface area contributed by atoms with Crippen LogP contribution in [0.3, 0.4) is 0 Å². The molecule has 1 aromatic rings. The first-order chi connectivity index (χ1) is 11.1. The number of piperidine rings is 1. The first-order valence-corrected chi connectivity index (χ1v) is 8.25. The van der Waals surface area contributed by atoms with Gasteiger partial charge in [-0.15, -0.1) is 0 Å². The Labute approximate surface area is 138 Å². The predicted molar refractivity (Wildman–Crippen MR) is 89.8 cm³/mol. The van der Waals surface area contributed by atoms with Gasteiger partial charge in [-0.2, -0.15) is 0 Å². The van der Waals surface area contributed by atoms with E-state index in [4.69, 9.17) is 4.74 Å². The molecular formula is C18H26N2O3. The lowest BCUT2D eigenvalue weighted by molar-refractivity contribution is -0.132. The second kappa shape index (κ2) is 8.67. The van der Waals surface area contributed by atoms with Gasteiger partial charge in [0.1, 0.15) is 5.75 Å². The minimum absolute atomic E-state index is 0.0740. The van der Waals surface area contributed by atoms with Crippen LogP contribution in [0.15, 0.2) is 24.3 Å². The summed E-state index contributed by atoms with van der Waals surface area (Å²) in [5, 5.41) is 3.30. The van der Waals surface area contributed by atoms with Crippen LogP contribution in [0.25, 0.3) is 0 Å². The first-order valence-electron chi connectivity index (χ1n) is 8.25. The lowest BCUT2D eigenvalue weighted by Crippen LogP contribution is -2.43. The number of ketones is 1. The SMILES string of the molecule is COc1ccc(C(=O)CCCC(=O)N(C)C2CCNCC2)cc1. The molecule has 1 heterocycles. The van der Waals surface area contributed by atoms with Crippen molar-refractivity contribution in [3.05, 3.63) is 29.8 Å². The smallest absolute Gasteiger partial charge is 0.222 e. The molecule has 0 saturated carbocycles. The third kappa shape index (κ3) is 5.06. The number of benzene rings is 1. The zero-order valence-electron chi connectivity index (χ0n) is 14.0. The van der Waals surface area contributed by atoms with Gasteiger partial charge in [-0.05, 0) is 56.6 Å². The maximum atomic E-state index is 12.2. The van der Waals surface area contributed by atoms with Crippen molar-refractivity contribution in [3.8, 4) is 5.75 Å². The van der Waals surface area contributed by atoms with E-state index in [1.165, 1.54) is 0 Å². The van der Waals surface area contributed by atoms with Gasteiger partial charge >= 0.3 is 0 Å². The number of hydrogen-bond acceptors (Lipinski definition) is 4. The highest BCUT2D eigenvalue weighted by molar-refractivity contribution is 5.96. The molecule has 0 bridgehead atoms. The van der Waals surface area contributed by atoms with E-state index in [1.54, 1.807) is 31.4 Å². The average Bonchev–Trinajstić information content (AvgIpc) is 2.61. The number of rotatable bonds is 7. The van der Waals surface area contributed by atoms with Gasteiger partial charge in [-0.25, -0.2) is 0 Å². The topological polar surface area (TPSA) is 58.6 Å². The molecule has 0 spiro atoms. The van der Waals surface area contributed by atoms with Gasteiger partial charge in [0.15, 0.2) is 5.78 Å². The standard InChI is InChI=1S/C18H26N2O3/c1-20(15-10-12-19-13-11-15)18(22)5-3-4-17(21)14-6-8-16(23-2)9-7-14/h6-9,15,19H,3-5,10-13H2,1-2H3. The Morgan fingerprint density at radius 1 is 1.17 bits per heavy atom. The van der Waals surface area contributed by atoms with Crippen molar-refractivity contribution in [1.82, 2.24) is 10.2 Å². The summed E-state index contributed by atoms with van der Waals surface area (Å²) < 4.78 is 5.08. The summed E-state index contributed by atoms with van der Waals surface area (Å²) in [4.78, 5) is 26.2. The minimum Gasteiger partial charge on any atom is -0.497 e. The zero-order valence-corrected chi connectivity index (χ0v) is 14.0. The second-order valence-corrected chi connectivity index (χ2v) is 5.99. The maximum absolute atomic E-state index is 12.2. The fraction of sp³-hybridized carbons (Fsp3) is 0.556. The molecule has 1 aliphatic heterocycles. The molecule has 1 amide bonds. The third-order valence-electron chi connectivity index (χ3n) is 4.46. The largest absolute Gasteiger partial charge is 0.497 e. The Morgan fingerprint density at radius 3 is 2.43 bits per heavy atom. The summed E-state index contributed by atoms with van der Waals surface area (Å²) in [5.74, 6) is 0.949. The highest BCUT2D eigenvalue weighted by Gasteiger charge is 2.21. The van der Waals surface area contributed by atoms with Crippen molar-refractivity contribution >= 4 is 11.7 Å². The molecule has 2 rings (SSSR count). The van der Waals surface area contributed by atoms with Crippen molar-refractivity contribution in [2.45, 2.75) is 38.1 Å². The highest BCUT2D eigenvalue weighted by atomic mass is 16.5. The molecule has 0 aliphatic carbocycles. The van der Waals surface area contributed by atoms with Crippen LogP contribution in [0.2, 0.25) is 0 Å². The van der Waals surface area contributed by atoms with E-state index in [0.717, 1.165) is 31.7 Å². The van der Waals surface area contributed by atoms with E-state index in [9.17, 15) is 9.59 Å². The molecule has 23 heavy (non-hydrogen) atoms. The van der Waals surface area contributed by atoms with E-state index >= 15 is 0 Å². The Balaban J connectivity index is 1.74. The number of methoxy groups -OCH3 is 1. The molecule has 1 fully saturated rings. The summed E-state index contributed by atoms with van der Waals surface area (Å²) in [6.45, 7) is 1.94. The molecule has 1 saturated heterocycles. The lowest BCUT2D eigenvalue weighted by Gasteiger charge is -2.31.